The van der Waals surface area contributed by atoms with Crippen LogP contribution >= 0.6 is 11.3 Å². The van der Waals surface area contributed by atoms with Gasteiger partial charge in [-0.15, -0.1) is 11.3 Å². The second-order valence-electron chi connectivity index (χ2n) is 7.49. The van der Waals surface area contributed by atoms with Gasteiger partial charge in [0.25, 0.3) is 0 Å². The number of esters is 1. The van der Waals surface area contributed by atoms with E-state index in [1.54, 1.807) is 18.2 Å². The van der Waals surface area contributed by atoms with Gasteiger partial charge in [0, 0.05) is 11.8 Å². The normalized spacial score (nSPS) is 11.0. The number of carbonyl (C=O) groups is 3. The van der Waals surface area contributed by atoms with Crippen molar-refractivity contribution in [2.75, 3.05) is 6.61 Å². The predicted molar refractivity (Wildman–Crippen MR) is 113 cm³/mol. The number of hydrogen-bond donors (Lipinski definition) is 2. The lowest BCUT2D eigenvalue weighted by Crippen LogP contribution is -2.18. The number of aromatic hydroxyl groups is 1. The molecule has 2 rings (SSSR count). The van der Waals surface area contributed by atoms with Crippen molar-refractivity contribution in [3.8, 4) is 5.75 Å². The number of hydrogen-bond acceptors (Lipinski definition) is 6. The Morgan fingerprint density at radius 2 is 1.79 bits per heavy atom. The van der Waals surface area contributed by atoms with E-state index in [4.69, 9.17) is 4.74 Å². The summed E-state index contributed by atoms with van der Waals surface area (Å²) in [6, 6.07) is 6.92. The number of phenols is 1. The monoisotopic (exact) mass is 417 g/mol. The minimum absolute atomic E-state index is 0.0371. The van der Waals surface area contributed by atoms with Gasteiger partial charge in [-0.25, -0.2) is 4.79 Å². The summed E-state index contributed by atoms with van der Waals surface area (Å²) < 4.78 is 5.19. The summed E-state index contributed by atoms with van der Waals surface area (Å²) in [7, 11) is 0. The Bertz CT molecular complexity index is 914. The summed E-state index contributed by atoms with van der Waals surface area (Å²) in [6.07, 6.45) is 0. The topological polar surface area (TPSA) is 92.7 Å². The zero-order chi connectivity index (χ0) is 21.7. The second kappa shape index (κ2) is 9.69. The molecule has 1 amide bonds. The molecule has 0 aliphatic carbocycles. The highest BCUT2D eigenvalue weighted by molar-refractivity contribution is 7.14. The van der Waals surface area contributed by atoms with Crippen molar-refractivity contribution in [3.63, 3.8) is 0 Å². The summed E-state index contributed by atoms with van der Waals surface area (Å²) in [5.41, 5.74) is 1.67. The fraction of sp³-hybridized carbons (Fsp3) is 0.409. The number of nitrogens with one attached hydrogen (secondary N) is 1. The van der Waals surface area contributed by atoms with Gasteiger partial charge in [0.2, 0.25) is 11.7 Å². The molecular formula is C22H27NO5S. The van der Waals surface area contributed by atoms with Crippen molar-refractivity contribution in [2.24, 2.45) is 0 Å². The number of rotatable bonds is 8. The van der Waals surface area contributed by atoms with E-state index in [0.717, 1.165) is 10.4 Å². The first-order chi connectivity index (χ1) is 13.6. The summed E-state index contributed by atoms with van der Waals surface area (Å²) in [5.74, 6) is -1.10. The summed E-state index contributed by atoms with van der Waals surface area (Å²) in [6.45, 7) is 9.24. The van der Waals surface area contributed by atoms with Gasteiger partial charge < -0.3 is 15.2 Å². The molecule has 0 radical (unpaired) electrons. The van der Waals surface area contributed by atoms with Crippen LogP contribution in [0.15, 0.2) is 24.3 Å². The maximum atomic E-state index is 12.6. The zero-order valence-electron chi connectivity index (χ0n) is 17.4. The van der Waals surface area contributed by atoms with Gasteiger partial charge in [-0.1, -0.05) is 33.8 Å². The summed E-state index contributed by atoms with van der Waals surface area (Å²) in [5, 5.41) is 13.2. The van der Waals surface area contributed by atoms with Crippen molar-refractivity contribution in [3.05, 3.63) is 50.7 Å². The number of ether oxygens (including phenoxy) is 1. The van der Waals surface area contributed by atoms with Crippen LogP contribution < -0.4 is 5.32 Å². The molecule has 0 aliphatic rings. The summed E-state index contributed by atoms with van der Waals surface area (Å²) in [4.78, 5) is 37.2. The molecule has 29 heavy (non-hydrogen) atoms. The first-order valence-corrected chi connectivity index (χ1v) is 10.3. The number of benzene rings is 1. The minimum atomic E-state index is -0.727. The van der Waals surface area contributed by atoms with E-state index in [1.807, 2.05) is 33.8 Å². The largest absolute Gasteiger partial charge is 0.507 e. The molecule has 0 aliphatic heterocycles. The van der Waals surface area contributed by atoms with E-state index in [0.29, 0.717) is 17.0 Å². The Morgan fingerprint density at radius 1 is 1.10 bits per heavy atom. The summed E-state index contributed by atoms with van der Waals surface area (Å²) >= 11 is 1.24. The third-order valence-electron chi connectivity index (χ3n) is 4.45. The van der Waals surface area contributed by atoms with Gasteiger partial charge in [-0.05, 0) is 41.2 Å². The molecule has 0 saturated carbocycles. The Morgan fingerprint density at radius 3 is 2.38 bits per heavy atom. The van der Waals surface area contributed by atoms with E-state index in [2.05, 4.69) is 5.32 Å². The molecule has 156 valence electrons. The highest BCUT2D eigenvalue weighted by atomic mass is 32.1. The fourth-order valence-electron chi connectivity index (χ4n) is 2.72. The predicted octanol–water partition coefficient (Wildman–Crippen LogP) is 4.38. The molecule has 0 unspecified atom stereocenters. The second-order valence-corrected chi connectivity index (χ2v) is 8.66. The van der Waals surface area contributed by atoms with Crippen LogP contribution in [0.4, 0.5) is 0 Å². The smallest absolute Gasteiger partial charge is 0.342 e. The lowest BCUT2D eigenvalue weighted by molar-refractivity contribution is -0.119. The molecule has 0 atom stereocenters. The van der Waals surface area contributed by atoms with Gasteiger partial charge >= 0.3 is 5.97 Å². The Labute approximate surface area is 174 Å². The molecule has 1 heterocycles. The number of Topliss-reactive ketones (excluding diaryl/α,β-unsaturated/α-hetero) is 1. The lowest BCUT2D eigenvalue weighted by atomic mass is 9.92. The maximum absolute atomic E-state index is 12.6. The van der Waals surface area contributed by atoms with Crippen molar-refractivity contribution >= 4 is 29.0 Å². The Kier molecular flexibility index (Phi) is 7.56. The van der Waals surface area contributed by atoms with E-state index < -0.39 is 12.6 Å². The standard InChI is InChI=1S/C22H27NO5S/c1-12(2)15-8-17(13(3)4)21(26)18(9-15)22(27)28-11-19(25)20-7-6-16(29-20)10-23-14(5)24/h6-9,12-13,26H,10-11H2,1-5H3,(H,23,24). The molecular weight excluding hydrogens is 390 g/mol. The van der Waals surface area contributed by atoms with E-state index in [9.17, 15) is 19.5 Å². The average Bonchev–Trinajstić information content (AvgIpc) is 3.13. The van der Waals surface area contributed by atoms with Crippen LogP contribution in [0.2, 0.25) is 0 Å². The lowest BCUT2D eigenvalue weighted by Gasteiger charge is -2.16. The molecule has 6 nitrogen and oxygen atoms in total. The van der Waals surface area contributed by atoms with Crippen molar-refractivity contribution in [1.82, 2.24) is 5.32 Å². The molecule has 0 spiro atoms. The molecule has 2 aromatic rings. The van der Waals surface area contributed by atoms with Crippen LogP contribution in [0.25, 0.3) is 0 Å². The molecule has 0 saturated heterocycles. The van der Waals surface area contributed by atoms with Gasteiger partial charge in [0.1, 0.15) is 11.3 Å². The molecule has 1 aromatic carbocycles. The van der Waals surface area contributed by atoms with Crippen LogP contribution in [0.1, 0.15) is 82.5 Å². The van der Waals surface area contributed by atoms with Gasteiger partial charge in [0.15, 0.2) is 6.61 Å². The highest BCUT2D eigenvalue weighted by Crippen LogP contribution is 2.33. The highest BCUT2D eigenvalue weighted by Gasteiger charge is 2.21. The van der Waals surface area contributed by atoms with Crippen LogP contribution in [0, 0.1) is 0 Å². The van der Waals surface area contributed by atoms with E-state index in [-0.39, 0.29) is 34.8 Å². The van der Waals surface area contributed by atoms with Gasteiger partial charge in [-0.3, -0.25) is 9.59 Å². The average molecular weight is 418 g/mol. The van der Waals surface area contributed by atoms with Crippen molar-refractivity contribution in [2.45, 2.75) is 53.0 Å². The molecule has 7 heteroatoms. The Hall–Kier alpha value is -2.67. The van der Waals surface area contributed by atoms with Crippen LogP contribution in [-0.4, -0.2) is 29.4 Å². The van der Waals surface area contributed by atoms with E-state index in [1.165, 1.54) is 18.3 Å². The SMILES string of the molecule is CC(=O)NCc1ccc(C(=O)COC(=O)c2cc(C(C)C)cc(C(C)C)c2O)s1. The zero-order valence-corrected chi connectivity index (χ0v) is 18.2. The van der Waals surface area contributed by atoms with Crippen LogP contribution in [0.3, 0.4) is 0 Å². The fourth-order valence-corrected chi connectivity index (χ4v) is 3.60. The number of ketones is 1. The first kappa shape index (κ1) is 22.6. The number of carbonyl (C=O) groups excluding carboxylic acids is 3. The Balaban J connectivity index is 2.10. The molecule has 0 bridgehead atoms. The number of thiophene rings is 1. The van der Waals surface area contributed by atoms with Crippen molar-refractivity contribution in [1.29, 1.82) is 0 Å². The van der Waals surface area contributed by atoms with Gasteiger partial charge in [0.05, 0.1) is 11.4 Å². The third-order valence-corrected chi connectivity index (χ3v) is 5.58. The molecule has 1 aromatic heterocycles. The maximum Gasteiger partial charge on any atom is 0.342 e. The van der Waals surface area contributed by atoms with E-state index >= 15 is 0 Å². The minimum Gasteiger partial charge on any atom is -0.507 e. The van der Waals surface area contributed by atoms with Gasteiger partial charge in [-0.2, -0.15) is 0 Å². The molecule has 2 N–H and O–H groups in total. The molecule has 0 fully saturated rings. The number of phenolic OH excluding ortho intramolecular Hbond substituents is 1. The van der Waals surface area contributed by atoms with Crippen molar-refractivity contribution < 1.29 is 24.2 Å². The number of amides is 1. The third kappa shape index (κ3) is 5.90. The first-order valence-electron chi connectivity index (χ1n) is 9.50. The van der Waals surface area contributed by atoms with Crippen LogP contribution in [0.5, 0.6) is 5.75 Å². The van der Waals surface area contributed by atoms with Crippen LogP contribution in [-0.2, 0) is 16.1 Å². The quantitative estimate of drug-likeness (QED) is 0.491.